The number of halogens is 1. The number of amides is 1. The molecule has 0 aromatic heterocycles. The van der Waals surface area contributed by atoms with Crippen LogP contribution in [-0.4, -0.2) is 23.4 Å². The monoisotopic (exact) mass is 311 g/mol. The zero-order valence-electron chi connectivity index (χ0n) is 10.5. The molecule has 1 aliphatic heterocycles. The Morgan fingerprint density at radius 1 is 1.56 bits per heavy atom. The minimum atomic E-state index is -0.372. The molecule has 1 aromatic rings. The molecule has 0 saturated heterocycles. The summed E-state index contributed by atoms with van der Waals surface area (Å²) < 4.78 is 5.63. The summed E-state index contributed by atoms with van der Waals surface area (Å²) in [5, 5.41) is 2.93. The van der Waals surface area contributed by atoms with Gasteiger partial charge in [0.25, 0.3) is 5.91 Å². The van der Waals surface area contributed by atoms with Crippen molar-refractivity contribution in [1.82, 2.24) is 5.32 Å². The number of nitrogens with one attached hydrogen (secondary N) is 1. The van der Waals surface area contributed by atoms with Crippen molar-refractivity contribution >= 4 is 21.8 Å². The third-order valence-electron chi connectivity index (χ3n) is 3.04. The zero-order chi connectivity index (χ0) is 13.0. The Labute approximate surface area is 116 Å². The van der Waals surface area contributed by atoms with E-state index >= 15 is 0 Å². The van der Waals surface area contributed by atoms with Crippen LogP contribution in [0.5, 0.6) is 5.75 Å². The SMILES string of the molecule is CCCC(Br)CNC(=O)C1Cc2ccccc2O1. The average molecular weight is 312 g/mol. The summed E-state index contributed by atoms with van der Waals surface area (Å²) in [7, 11) is 0. The lowest BCUT2D eigenvalue weighted by Gasteiger charge is -2.13. The van der Waals surface area contributed by atoms with Gasteiger partial charge in [0.05, 0.1) is 0 Å². The first-order valence-corrected chi connectivity index (χ1v) is 7.28. The van der Waals surface area contributed by atoms with Crippen molar-refractivity contribution in [2.75, 3.05) is 6.54 Å². The van der Waals surface area contributed by atoms with E-state index in [2.05, 4.69) is 28.2 Å². The smallest absolute Gasteiger partial charge is 0.261 e. The molecule has 1 N–H and O–H groups in total. The highest BCUT2D eigenvalue weighted by molar-refractivity contribution is 9.09. The lowest BCUT2D eigenvalue weighted by atomic mass is 10.1. The summed E-state index contributed by atoms with van der Waals surface area (Å²) in [5.74, 6) is 0.813. The number of carbonyl (C=O) groups is 1. The van der Waals surface area contributed by atoms with Crippen molar-refractivity contribution in [2.24, 2.45) is 0 Å². The maximum absolute atomic E-state index is 12.0. The minimum absolute atomic E-state index is 0.0215. The van der Waals surface area contributed by atoms with Gasteiger partial charge in [-0.2, -0.15) is 0 Å². The minimum Gasteiger partial charge on any atom is -0.480 e. The Morgan fingerprint density at radius 2 is 2.33 bits per heavy atom. The van der Waals surface area contributed by atoms with Gasteiger partial charge in [0.2, 0.25) is 0 Å². The number of fused-ring (bicyclic) bond motifs is 1. The molecule has 0 saturated carbocycles. The Hall–Kier alpha value is -1.03. The van der Waals surface area contributed by atoms with E-state index in [9.17, 15) is 4.79 Å². The van der Waals surface area contributed by atoms with Gasteiger partial charge in [0.1, 0.15) is 5.75 Å². The molecule has 98 valence electrons. The van der Waals surface area contributed by atoms with Crippen molar-refractivity contribution in [2.45, 2.75) is 37.1 Å². The van der Waals surface area contributed by atoms with E-state index in [1.54, 1.807) is 0 Å². The maximum atomic E-state index is 12.0. The van der Waals surface area contributed by atoms with Crippen LogP contribution in [0.4, 0.5) is 0 Å². The van der Waals surface area contributed by atoms with Crippen LogP contribution in [0.3, 0.4) is 0 Å². The number of hydrogen-bond donors (Lipinski definition) is 1. The second kappa shape index (κ2) is 6.23. The summed E-state index contributed by atoms with van der Waals surface area (Å²) in [6, 6.07) is 7.81. The van der Waals surface area contributed by atoms with E-state index in [-0.39, 0.29) is 12.0 Å². The molecule has 1 aromatic carbocycles. The van der Waals surface area contributed by atoms with Crippen molar-refractivity contribution in [3.63, 3.8) is 0 Å². The lowest BCUT2D eigenvalue weighted by molar-refractivity contribution is -0.127. The summed E-state index contributed by atoms with van der Waals surface area (Å²) in [4.78, 5) is 12.3. The fourth-order valence-corrected chi connectivity index (χ4v) is 2.69. The molecule has 0 fully saturated rings. The fourth-order valence-electron chi connectivity index (χ4n) is 2.07. The molecule has 1 amide bonds. The molecule has 1 aliphatic rings. The van der Waals surface area contributed by atoms with E-state index in [0.717, 1.165) is 24.2 Å². The van der Waals surface area contributed by atoms with E-state index in [0.29, 0.717) is 17.8 Å². The van der Waals surface area contributed by atoms with Gasteiger partial charge < -0.3 is 10.1 Å². The van der Waals surface area contributed by atoms with Gasteiger partial charge in [-0.1, -0.05) is 47.5 Å². The van der Waals surface area contributed by atoms with Crippen LogP contribution >= 0.6 is 15.9 Å². The number of ether oxygens (including phenoxy) is 1. The number of hydrogen-bond acceptors (Lipinski definition) is 2. The van der Waals surface area contributed by atoms with Crippen LogP contribution in [-0.2, 0) is 11.2 Å². The van der Waals surface area contributed by atoms with Crippen LogP contribution in [0.2, 0.25) is 0 Å². The largest absolute Gasteiger partial charge is 0.480 e. The second-order valence-electron chi connectivity index (χ2n) is 4.55. The molecule has 4 heteroatoms. The van der Waals surface area contributed by atoms with Crippen LogP contribution in [0.25, 0.3) is 0 Å². The molecule has 0 bridgehead atoms. The van der Waals surface area contributed by atoms with Crippen molar-refractivity contribution in [3.05, 3.63) is 29.8 Å². The first-order chi connectivity index (χ1) is 8.70. The van der Waals surface area contributed by atoms with Crippen molar-refractivity contribution in [3.8, 4) is 5.75 Å². The standard InChI is InChI=1S/C14H18BrNO2/c1-2-5-11(15)9-16-14(17)13-8-10-6-3-4-7-12(10)18-13/h3-4,6-7,11,13H,2,5,8-9H2,1H3,(H,16,17). The van der Waals surface area contributed by atoms with E-state index in [4.69, 9.17) is 4.74 Å². The normalized spacial score (nSPS) is 18.9. The number of alkyl halides is 1. The van der Waals surface area contributed by atoms with E-state index < -0.39 is 0 Å². The Morgan fingerprint density at radius 3 is 3.06 bits per heavy atom. The molecule has 0 spiro atoms. The summed E-state index contributed by atoms with van der Waals surface area (Å²) in [6.45, 7) is 2.79. The van der Waals surface area contributed by atoms with Crippen LogP contribution in [0, 0.1) is 0 Å². The average Bonchev–Trinajstić information content (AvgIpc) is 2.80. The molecule has 2 rings (SSSR count). The highest BCUT2D eigenvalue weighted by atomic mass is 79.9. The Kier molecular flexibility index (Phi) is 4.64. The molecule has 0 radical (unpaired) electrons. The molecule has 0 aliphatic carbocycles. The Balaban J connectivity index is 1.82. The van der Waals surface area contributed by atoms with Gasteiger partial charge in [-0.15, -0.1) is 0 Å². The summed E-state index contributed by atoms with van der Waals surface area (Å²) in [6.07, 6.45) is 2.47. The third kappa shape index (κ3) is 3.25. The van der Waals surface area contributed by atoms with Crippen LogP contribution in [0.15, 0.2) is 24.3 Å². The molecule has 18 heavy (non-hydrogen) atoms. The molecule has 3 nitrogen and oxygen atoms in total. The van der Waals surface area contributed by atoms with Gasteiger partial charge in [-0.05, 0) is 18.1 Å². The van der Waals surface area contributed by atoms with E-state index in [1.165, 1.54) is 0 Å². The predicted molar refractivity (Wildman–Crippen MR) is 75.2 cm³/mol. The number of carbonyl (C=O) groups excluding carboxylic acids is 1. The van der Waals surface area contributed by atoms with Crippen LogP contribution in [0.1, 0.15) is 25.3 Å². The molecule has 1 heterocycles. The lowest BCUT2D eigenvalue weighted by Crippen LogP contribution is -2.40. The van der Waals surface area contributed by atoms with Gasteiger partial charge in [0, 0.05) is 17.8 Å². The summed E-state index contributed by atoms with van der Waals surface area (Å²) in [5.41, 5.74) is 1.11. The highest BCUT2D eigenvalue weighted by Gasteiger charge is 2.28. The van der Waals surface area contributed by atoms with Crippen LogP contribution < -0.4 is 10.1 Å². The third-order valence-corrected chi connectivity index (χ3v) is 3.82. The quantitative estimate of drug-likeness (QED) is 0.849. The van der Waals surface area contributed by atoms with Gasteiger partial charge in [-0.25, -0.2) is 0 Å². The van der Waals surface area contributed by atoms with Crippen molar-refractivity contribution < 1.29 is 9.53 Å². The molecule has 2 atom stereocenters. The molecule has 2 unspecified atom stereocenters. The van der Waals surface area contributed by atoms with Gasteiger partial charge in [-0.3, -0.25) is 4.79 Å². The fraction of sp³-hybridized carbons (Fsp3) is 0.500. The number of para-hydroxylation sites is 1. The maximum Gasteiger partial charge on any atom is 0.261 e. The topological polar surface area (TPSA) is 38.3 Å². The zero-order valence-corrected chi connectivity index (χ0v) is 12.1. The predicted octanol–water partition coefficient (Wildman–Crippen LogP) is 2.67. The van der Waals surface area contributed by atoms with Gasteiger partial charge >= 0.3 is 0 Å². The molecular weight excluding hydrogens is 294 g/mol. The first-order valence-electron chi connectivity index (χ1n) is 6.37. The second-order valence-corrected chi connectivity index (χ2v) is 5.84. The first kappa shape index (κ1) is 13.4. The van der Waals surface area contributed by atoms with E-state index in [1.807, 2.05) is 24.3 Å². The van der Waals surface area contributed by atoms with Crippen molar-refractivity contribution in [1.29, 1.82) is 0 Å². The van der Waals surface area contributed by atoms with Gasteiger partial charge in [0.15, 0.2) is 6.10 Å². The number of rotatable bonds is 5. The molecular formula is C14H18BrNO2. The summed E-state index contributed by atoms with van der Waals surface area (Å²) >= 11 is 3.55. The highest BCUT2D eigenvalue weighted by Crippen LogP contribution is 2.28. The Bertz CT molecular complexity index is 397. The number of benzene rings is 1.